The molecule has 1 unspecified atom stereocenters. The summed E-state index contributed by atoms with van der Waals surface area (Å²) in [5.74, 6) is 1.60. The molecule has 1 rings (SSSR count). The average molecular weight is 251 g/mol. The van der Waals surface area contributed by atoms with Gasteiger partial charge in [-0.25, -0.2) is 0 Å². The van der Waals surface area contributed by atoms with Crippen LogP contribution in [0.1, 0.15) is 31.9 Å². The summed E-state index contributed by atoms with van der Waals surface area (Å²) in [5.41, 5.74) is 2.54. The van der Waals surface area contributed by atoms with E-state index in [2.05, 4.69) is 39.1 Å². The van der Waals surface area contributed by atoms with Crippen LogP contribution in [0.25, 0.3) is 0 Å². The Hall–Kier alpha value is -1.22. The van der Waals surface area contributed by atoms with Crippen molar-refractivity contribution in [3.05, 3.63) is 23.3 Å². The van der Waals surface area contributed by atoms with Crippen molar-refractivity contribution in [2.75, 3.05) is 14.2 Å². The lowest BCUT2D eigenvalue weighted by Gasteiger charge is -2.19. The molecule has 0 amide bonds. The Bertz CT molecular complexity index is 388. The second-order valence-corrected chi connectivity index (χ2v) is 5.06. The molecule has 0 bridgehead atoms. The van der Waals surface area contributed by atoms with Crippen molar-refractivity contribution in [3.63, 3.8) is 0 Å². The first kappa shape index (κ1) is 14.8. The number of benzene rings is 1. The van der Waals surface area contributed by atoms with Crippen molar-refractivity contribution in [2.24, 2.45) is 0 Å². The van der Waals surface area contributed by atoms with Gasteiger partial charge in [0.1, 0.15) is 0 Å². The lowest BCUT2D eigenvalue weighted by atomic mass is 10.0. The Morgan fingerprint density at radius 2 is 1.61 bits per heavy atom. The summed E-state index contributed by atoms with van der Waals surface area (Å²) in [6.45, 7) is 8.64. The van der Waals surface area contributed by atoms with Crippen LogP contribution in [0, 0.1) is 6.92 Å². The molecule has 0 heterocycles. The second kappa shape index (κ2) is 6.64. The Morgan fingerprint density at radius 3 is 2.11 bits per heavy atom. The van der Waals surface area contributed by atoms with Crippen LogP contribution in [0.2, 0.25) is 0 Å². The maximum atomic E-state index is 5.35. The van der Waals surface area contributed by atoms with E-state index >= 15 is 0 Å². The number of nitrogens with one attached hydrogen (secondary N) is 1. The molecule has 0 aliphatic carbocycles. The van der Waals surface area contributed by atoms with E-state index in [-0.39, 0.29) is 0 Å². The highest BCUT2D eigenvalue weighted by atomic mass is 16.5. The fourth-order valence-corrected chi connectivity index (χ4v) is 2.20. The van der Waals surface area contributed by atoms with Crippen LogP contribution in [0.3, 0.4) is 0 Å². The summed E-state index contributed by atoms with van der Waals surface area (Å²) in [7, 11) is 3.34. The summed E-state index contributed by atoms with van der Waals surface area (Å²) < 4.78 is 10.7. The van der Waals surface area contributed by atoms with Gasteiger partial charge >= 0.3 is 0 Å². The predicted molar refractivity (Wildman–Crippen MR) is 75.7 cm³/mol. The Labute approximate surface area is 110 Å². The summed E-state index contributed by atoms with van der Waals surface area (Å²) in [4.78, 5) is 0. The van der Waals surface area contributed by atoms with Crippen molar-refractivity contribution in [1.82, 2.24) is 5.32 Å². The summed E-state index contributed by atoms with van der Waals surface area (Å²) in [6.07, 6.45) is 0.990. The molecule has 102 valence electrons. The first-order valence-corrected chi connectivity index (χ1v) is 6.45. The van der Waals surface area contributed by atoms with E-state index in [1.165, 1.54) is 11.1 Å². The van der Waals surface area contributed by atoms with Gasteiger partial charge in [-0.05, 0) is 43.5 Å². The van der Waals surface area contributed by atoms with Crippen LogP contribution < -0.4 is 14.8 Å². The van der Waals surface area contributed by atoms with E-state index in [0.717, 1.165) is 17.9 Å². The fraction of sp³-hybridized carbons (Fsp3) is 0.600. The van der Waals surface area contributed by atoms with Crippen LogP contribution in [0.4, 0.5) is 0 Å². The molecular weight excluding hydrogens is 226 g/mol. The number of aryl methyl sites for hydroxylation is 1. The van der Waals surface area contributed by atoms with Crippen molar-refractivity contribution in [3.8, 4) is 11.5 Å². The zero-order chi connectivity index (χ0) is 13.7. The summed E-state index contributed by atoms with van der Waals surface area (Å²) >= 11 is 0. The molecule has 0 radical (unpaired) electrons. The highest BCUT2D eigenvalue weighted by molar-refractivity contribution is 5.47. The number of rotatable bonds is 6. The van der Waals surface area contributed by atoms with Crippen molar-refractivity contribution >= 4 is 0 Å². The maximum absolute atomic E-state index is 5.35. The molecule has 0 aromatic heterocycles. The predicted octanol–water partition coefficient (Wildman–Crippen LogP) is 2.94. The fourth-order valence-electron chi connectivity index (χ4n) is 2.20. The third kappa shape index (κ3) is 3.91. The minimum Gasteiger partial charge on any atom is -0.493 e. The number of hydrogen-bond acceptors (Lipinski definition) is 3. The number of ether oxygens (including phenoxy) is 2. The van der Waals surface area contributed by atoms with Gasteiger partial charge in [-0.3, -0.25) is 0 Å². The highest BCUT2D eigenvalue weighted by Crippen LogP contribution is 2.30. The Morgan fingerprint density at radius 1 is 1.06 bits per heavy atom. The molecule has 0 aliphatic rings. The molecule has 1 N–H and O–H groups in total. The smallest absolute Gasteiger partial charge is 0.161 e. The monoisotopic (exact) mass is 251 g/mol. The van der Waals surface area contributed by atoms with Gasteiger partial charge in [-0.2, -0.15) is 0 Å². The summed E-state index contributed by atoms with van der Waals surface area (Å²) in [5, 5.41) is 3.51. The molecular formula is C15H25NO2. The normalized spacial score (nSPS) is 12.6. The molecule has 1 atom stereocenters. The SMILES string of the molecule is COc1cc(C)c(CC(C)NC(C)C)cc1OC. The van der Waals surface area contributed by atoms with Crippen LogP contribution in [0.15, 0.2) is 12.1 Å². The second-order valence-electron chi connectivity index (χ2n) is 5.06. The molecule has 0 saturated heterocycles. The van der Waals surface area contributed by atoms with Crippen molar-refractivity contribution < 1.29 is 9.47 Å². The first-order valence-electron chi connectivity index (χ1n) is 6.45. The largest absolute Gasteiger partial charge is 0.493 e. The van der Waals surface area contributed by atoms with Gasteiger partial charge in [-0.15, -0.1) is 0 Å². The molecule has 1 aromatic rings. The molecule has 0 aliphatic heterocycles. The quantitative estimate of drug-likeness (QED) is 0.843. The van der Waals surface area contributed by atoms with E-state index in [0.29, 0.717) is 12.1 Å². The highest BCUT2D eigenvalue weighted by Gasteiger charge is 2.11. The number of hydrogen-bond donors (Lipinski definition) is 1. The van der Waals surface area contributed by atoms with Crippen LogP contribution >= 0.6 is 0 Å². The first-order chi connectivity index (χ1) is 8.47. The van der Waals surface area contributed by atoms with Gasteiger partial charge in [0.25, 0.3) is 0 Å². The van der Waals surface area contributed by atoms with Gasteiger partial charge in [0.15, 0.2) is 11.5 Å². The molecule has 0 fully saturated rings. The Balaban J connectivity index is 2.89. The number of methoxy groups -OCH3 is 2. The van der Waals surface area contributed by atoms with E-state index in [1.807, 2.05) is 6.07 Å². The van der Waals surface area contributed by atoms with Gasteiger partial charge in [0.2, 0.25) is 0 Å². The maximum Gasteiger partial charge on any atom is 0.161 e. The minimum atomic E-state index is 0.446. The van der Waals surface area contributed by atoms with Gasteiger partial charge in [-0.1, -0.05) is 13.8 Å². The van der Waals surface area contributed by atoms with Crippen molar-refractivity contribution in [2.45, 2.75) is 46.2 Å². The lowest BCUT2D eigenvalue weighted by Crippen LogP contribution is -2.34. The van der Waals surface area contributed by atoms with E-state index in [4.69, 9.17) is 9.47 Å². The van der Waals surface area contributed by atoms with Gasteiger partial charge in [0.05, 0.1) is 14.2 Å². The lowest BCUT2D eigenvalue weighted by molar-refractivity contribution is 0.354. The minimum absolute atomic E-state index is 0.446. The average Bonchev–Trinajstić information content (AvgIpc) is 2.30. The zero-order valence-electron chi connectivity index (χ0n) is 12.3. The Kier molecular flexibility index (Phi) is 5.48. The molecule has 0 saturated carbocycles. The topological polar surface area (TPSA) is 30.5 Å². The zero-order valence-corrected chi connectivity index (χ0v) is 12.3. The molecule has 3 nitrogen and oxygen atoms in total. The van der Waals surface area contributed by atoms with Gasteiger partial charge in [0, 0.05) is 12.1 Å². The molecule has 3 heteroatoms. The van der Waals surface area contributed by atoms with E-state index < -0.39 is 0 Å². The molecule has 0 spiro atoms. The molecule has 18 heavy (non-hydrogen) atoms. The van der Waals surface area contributed by atoms with E-state index in [9.17, 15) is 0 Å². The van der Waals surface area contributed by atoms with Crippen molar-refractivity contribution in [1.29, 1.82) is 0 Å². The molecule has 1 aromatic carbocycles. The van der Waals surface area contributed by atoms with Gasteiger partial charge < -0.3 is 14.8 Å². The van der Waals surface area contributed by atoms with Crippen LogP contribution in [-0.4, -0.2) is 26.3 Å². The summed E-state index contributed by atoms with van der Waals surface area (Å²) in [6, 6.07) is 5.06. The van der Waals surface area contributed by atoms with Crippen LogP contribution in [0.5, 0.6) is 11.5 Å². The van der Waals surface area contributed by atoms with Crippen LogP contribution in [-0.2, 0) is 6.42 Å². The third-order valence-corrected chi connectivity index (χ3v) is 2.99. The third-order valence-electron chi connectivity index (χ3n) is 2.99. The van der Waals surface area contributed by atoms with E-state index in [1.54, 1.807) is 14.2 Å². The standard InChI is InChI=1S/C15H25NO2/c1-10(2)16-12(4)8-13-9-15(18-6)14(17-5)7-11(13)3/h7,9-10,12,16H,8H2,1-6H3.